The third-order valence-electron chi connectivity index (χ3n) is 3.25. The van der Waals surface area contributed by atoms with Crippen molar-refractivity contribution in [3.05, 3.63) is 53.6 Å². The van der Waals surface area contributed by atoms with Gasteiger partial charge >= 0.3 is 5.16 Å². The van der Waals surface area contributed by atoms with Gasteiger partial charge in [-0.1, -0.05) is 35.0 Å². The summed E-state index contributed by atoms with van der Waals surface area (Å²) >= 11 is 7.23. The lowest BCUT2D eigenvalue weighted by molar-refractivity contribution is -0.697. The summed E-state index contributed by atoms with van der Waals surface area (Å²) in [6.07, 6.45) is 0. The second kappa shape index (κ2) is 8.00. The zero-order chi connectivity index (χ0) is 17.6. The Hall–Kier alpha value is -2.58. The molecule has 0 radical (unpaired) electrons. The summed E-state index contributed by atoms with van der Waals surface area (Å²) in [5.74, 6) is 0.506. The van der Waals surface area contributed by atoms with Gasteiger partial charge in [-0.2, -0.15) is 0 Å². The minimum Gasteiger partial charge on any atom is -0.495 e. The molecule has 2 aromatic carbocycles. The number of aromatic nitrogens is 4. The number of methoxy groups -OCH3 is 1. The number of aromatic amines is 1. The van der Waals surface area contributed by atoms with Crippen LogP contribution < -0.4 is 14.7 Å². The van der Waals surface area contributed by atoms with E-state index in [1.165, 1.54) is 18.9 Å². The lowest BCUT2D eigenvalue weighted by Crippen LogP contribution is -2.35. The van der Waals surface area contributed by atoms with E-state index in [0.29, 0.717) is 21.6 Å². The third kappa shape index (κ3) is 4.28. The summed E-state index contributed by atoms with van der Waals surface area (Å²) in [5.41, 5.74) is 1.41. The van der Waals surface area contributed by atoms with E-state index in [-0.39, 0.29) is 11.7 Å². The van der Waals surface area contributed by atoms with Gasteiger partial charge in [0.15, 0.2) is 5.21 Å². The molecule has 0 aliphatic heterocycles. The van der Waals surface area contributed by atoms with Gasteiger partial charge in [0.25, 0.3) is 0 Å². The Morgan fingerprint density at radius 2 is 2.12 bits per heavy atom. The predicted octanol–water partition coefficient (Wildman–Crippen LogP) is 2.47. The number of halogens is 1. The van der Waals surface area contributed by atoms with Crippen molar-refractivity contribution in [2.24, 2.45) is 0 Å². The number of para-hydroxylation sites is 1. The molecule has 3 rings (SSSR count). The summed E-state index contributed by atoms with van der Waals surface area (Å²) < 4.78 is 6.92. The molecule has 0 atom stereocenters. The molecule has 0 saturated heterocycles. The summed E-state index contributed by atoms with van der Waals surface area (Å²) in [7, 11) is 1.53. The lowest BCUT2D eigenvalue weighted by atomic mass is 10.3. The van der Waals surface area contributed by atoms with Crippen LogP contribution in [-0.4, -0.2) is 34.3 Å². The average Bonchev–Trinajstić information content (AvgIpc) is 3.09. The molecule has 0 bridgehead atoms. The highest BCUT2D eigenvalue weighted by Crippen LogP contribution is 2.27. The fourth-order valence-electron chi connectivity index (χ4n) is 2.13. The number of ether oxygens (including phenoxy) is 1. The number of hydrogen-bond donors (Lipinski definition) is 2. The maximum atomic E-state index is 12.2. The van der Waals surface area contributed by atoms with Gasteiger partial charge in [0, 0.05) is 5.02 Å². The first kappa shape index (κ1) is 17.2. The predicted molar refractivity (Wildman–Crippen MR) is 95.3 cm³/mol. The van der Waals surface area contributed by atoms with Crippen LogP contribution in [0.25, 0.3) is 5.69 Å². The standard InChI is InChI=1S/C16H14ClN5O2S/c1-24-14-8-7-11(17)9-13(14)18-15(23)10-25-16-19-20-21-22(16)12-5-3-2-4-6-12/h2-9H,10H2,1H3,(H,18,23)/p+1. The van der Waals surface area contributed by atoms with Crippen LogP contribution >= 0.6 is 23.4 Å². The molecule has 7 nitrogen and oxygen atoms in total. The van der Waals surface area contributed by atoms with Crippen molar-refractivity contribution in [3.63, 3.8) is 0 Å². The largest absolute Gasteiger partial charge is 0.495 e. The normalized spacial score (nSPS) is 10.5. The maximum absolute atomic E-state index is 12.2. The first-order valence-electron chi connectivity index (χ1n) is 7.32. The molecule has 1 amide bonds. The van der Waals surface area contributed by atoms with Crippen molar-refractivity contribution in [3.8, 4) is 11.4 Å². The zero-order valence-corrected chi connectivity index (χ0v) is 14.8. The number of tetrazole rings is 1. The highest BCUT2D eigenvalue weighted by Gasteiger charge is 2.19. The Morgan fingerprint density at radius 3 is 2.88 bits per heavy atom. The summed E-state index contributed by atoms with van der Waals surface area (Å²) in [5, 5.41) is 14.5. The smallest absolute Gasteiger partial charge is 0.365 e. The first-order chi connectivity index (χ1) is 12.2. The van der Waals surface area contributed by atoms with Crippen LogP contribution in [0.5, 0.6) is 5.75 Å². The van der Waals surface area contributed by atoms with E-state index in [2.05, 4.69) is 20.8 Å². The molecule has 0 saturated carbocycles. The molecule has 3 aromatic rings. The summed E-state index contributed by atoms with van der Waals surface area (Å²) in [6.45, 7) is 0. The Balaban J connectivity index is 1.66. The number of rotatable bonds is 6. The van der Waals surface area contributed by atoms with Crippen LogP contribution in [0.1, 0.15) is 0 Å². The van der Waals surface area contributed by atoms with E-state index in [9.17, 15) is 4.79 Å². The zero-order valence-electron chi connectivity index (χ0n) is 13.3. The van der Waals surface area contributed by atoms with Crippen LogP contribution in [-0.2, 0) is 4.79 Å². The SMILES string of the molecule is COc1ccc(Cl)cc1NC(=O)CSc1nn[nH][n+]1-c1ccccc1. The summed E-state index contributed by atoms with van der Waals surface area (Å²) in [4.78, 5) is 12.2. The quantitative estimate of drug-likeness (QED) is 0.510. The van der Waals surface area contributed by atoms with Crippen LogP contribution in [0.3, 0.4) is 0 Å². The van der Waals surface area contributed by atoms with Gasteiger partial charge in [0.05, 0.1) is 18.6 Å². The van der Waals surface area contributed by atoms with Crippen molar-refractivity contribution in [1.29, 1.82) is 0 Å². The van der Waals surface area contributed by atoms with Crippen molar-refractivity contribution in [1.82, 2.24) is 15.5 Å². The molecular formula is C16H15ClN5O2S+. The number of amides is 1. The van der Waals surface area contributed by atoms with Crippen LogP contribution in [0.15, 0.2) is 53.7 Å². The second-order valence-corrected chi connectivity index (χ2v) is 6.31. The van der Waals surface area contributed by atoms with Crippen molar-refractivity contribution in [2.75, 3.05) is 18.2 Å². The highest BCUT2D eigenvalue weighted by atomic mass is 35.5. The van der Waals surface area contributed by atoms with Gasteiger partial charge in [0.1, 0.15) is 16.5 Å². The molecule has 0 spiro atoms. The molecule has 9 heteroatoms. The van der Waals surface area contributed by atoms with Gasteiger partial charge in [-0.25, -0.2) is 0 Å². The van der Waals surface area contributed by atoms with E-state index < -0.39 is 0 Å². The molecule has 2 N–H and O–H groups in total. The maximum Gasteiger partial charge on any atom is 0.365 e. The van der Waals surface area contributed by atoms with Gasteiger partial charge in [-0.15, -0.1) is 4.68 Å². The van der Waals surface area contributed by atoms with E-state index in [4.69, 9.17) is 16.3 Å². The van der Waals surface area contributed by atoms with E-state index in [0.717, 1.165) is 5.69 Å². The topological polar surface area (TPSA) is 83.8 Å². The van der Waals surface area contributed by atoms with Crippen molar-refractivity contribution >= 4 is 35.0 Å². The van der Waals surface area contributed by atoms with Crippen molar-refractivity contribution in [2.45, 2.75) is 5.16 Å². The van der Waals surface area contributed by atoms with E-state index in [1.807, 2.05) is 30.3 Å². The number of benzene rings is 2. The second-order valence-electron chi connectivity index (χ2n) is 4.93. The number of carbonyl (C=O) groups excluding carboxylic acids is 1. The van der Waals surface area contributed by atoms with Crippen LogP contribution in [0.2, 0.25) is 5.02 Å². The fourth-order valence-corrected chi connectivity index (χ4v) is 3.01. The number of anilines is 1. The molecule has 1 aromatic heterocycles. The number of carbonyl (C=O) groups is 1. The molecule has 0 unspecified atom stereocenters. The van der Waals surface area contributed by atoms with E-state index >= 15 is 0 Å². The van der Waals surface area contributed by atoms with Crippen molar-refractivity contribution < 1.29 is 14.2 Å². The number of nitrogens with one attached hydrogen (secondary N) is 2. The van der Waals surface area contributed by atoms with Crippen LogP contribution in [0, 0.1) is 0 Å². The number of thioether (sulfide) groups is 1. The van der Waals surface area contributed by atoms with Gasteiger partial charge in [-0.3, -0.25) is 4.79 Å². The Morgan fingerprint density at radius 1 is 1.32 bits per heavy atom. The average molecular weight is 377 g/mol. The number of hydrogen-bond acceptors (Lipinski definition) is 5. The minimum absolute atomic E-state index is 0.162. The summed E-state index contributed by atoms with van der Waals surface area (Å²) in [6, 6.07) is 14.6. The number of H-pyrrole nitrogens is 1. The molecule has 0 fully saturated rings. The minimum atomic E-state index is -0.201. The van der Waals surface area contributed by atoms with Gasteiger partial charge < -0.3 is 10.1 Å². The number of nitrogens with zero attached hydrogens (tertiary/aromatic N) is 3. The first-order valence-corrected chi connectivity index (χ1v) is 8.68. The Bertz CT molecular complexity index is 872. The van der Waals surface area contributed by atoms with Gasteiger partial charge in [0.2, 0.25) is 5.91 Å². The van der Waals surface area contributed by atoms with Crippen LogP contribution in [0.4, 0.5) is 5.69 Å². The molecule has 25 heavy (non-hydrogen) atoms. The lowest BCUT2D eigenvalue weighted by Gasteiger charge is -2.09. The molecular weight excluding hydrogens is 362 g/mol. The third-order valence-corrected chi connectivity index (χ3v) is 4.42. The monoisotopic (exact) mass is 376 g/mol. The Labute approximate surface area is 153 Å². The van der Waals surface area contributed by atoms with Gasteiger partial charge in [-0.05, 0) is 42.1 Å². The molecule has 0 aliphatic rings. The molecule has 128 valence electrons. The van der Waals surface area contributed by atoms with E-state index in [1.54, 1.807) is 22.9 Å². The highest BCUT2D eigenvalue weighted by molar-refractivity contribution is 7.99. The molecule has 1 heterocycles. The fraction of sp³-hybridized carbons (Fsp3) is 0.125. The Kier molecular flexibility index (Phi) is 5.52. The molecule has 0 aliphatic carbocycles.